The standard InChI is InChI=1S/C9H10ClN3O2/c10-8-7(13(14)15)4-3-6(9(8)11)12-5-1-2-5/h3-5,12H,1-2,11H2. The van der Waals surface area contributed by atoms with Crippen LogP contribution in [0, 0.1) is 10.1 Å². The van der Waals surface area contributed by atoms with Crippen molar-refractivity contribution in [2.45, 2.75) is 18.9 Å². The molecule has 0 bridgehead atoms. The molecule has 0 aliphatic heterocycles. The van der Waals surface area contributed by atoms with Crippen molar-refractivity contribution in [1.82, 2.24) is 0 Å². The molecule has 0 aromatic heterocycles. The largest absolute Gasteiger partial charge is 0.396 e. The highest BCUT2D eigenvalue weighted by atomic mass is 35.5. The minimum absolute atomic E-state index is 0.00523. The second-order valence-electron chi connectivity index (χ2n) is 3.54. The fourth-order valence-electron chi connectivity index (χ4n) is 1.30. The number of nitrogens with zero attached hydrogens (tertiary/aromatic N) is 1. The first-order chi connectivity index (χ1) is 7.09. The molecule has 3 N–H and O–H groups in total. The van der Waals surface area contributed by atoms with Crippen molar-refractivity contribution in [3.8, 4) is 0 Å². The minimum atomic E-state index is -0.542. The van der Waals surface area contributed by atoms with Gasteiger partial charge in [0.1, 0.15) is 5.02 Å². The summed E-state index contributed by atoms with van der Waals surface area (Å²) in [7, 11) is 0. The highest BCUT2D eigenvalue weighted by Gasteiger charge is 2.24. The Kier molecular flexibility index (Phi) is 2.40. The van der Waals surface area contributed by atoms with E-state index in [1.165, 1.54) is 6.07 Å². The molecular weight excluding hydrogens is 218 g/mol. The van der Waals surface area contributed by atoms with E-state index in [9.17, 15) is 10.1 Å². The Bertz CT molecular complexity index is 418. The number of nitro benzene ring substituents is 1. The SMILES string of the molecule is Nc1c(NC2CC2)ccc([N+](=O)[O-])c1Cl. The van der Waals surface area contributed by atoms with E-state index >= 15 is 0 Å². The molecule has 0 spiro atoms. The van der Waals surface area contributed by atoms with Gasteiger partial charge in [-0.2, -0.15) is 0 Å². The molecule has 80 valence electrons. The highest BCUT2D eigenvalue weighted by molar-refractivity contribution is 6.35. The molecule has 1 saturated carbocycles. The van der Waals surface area contributed by atoms with E-state index < -0.39 is 4.92 Å². The van der Waals surface area contributed by atoms with E-state index in [0.29, 0.717) is 11.7 Å². The van der Waals surface area contributed by atoms with Gasteiger partial charge in [-0.1, -0.05) is 11.6 Å². The van der Waals surface area contributed by atoms with Crippen molar-refractivity contribution in [2.24, 2.45) is 0 Å². The molecule has 1 fully saturated rings. The monoisotopic (exact) mass is 227 g/mol. The summed E-state index contributed by atoms with van der Waals surface area (Å²) in [6, 6.07) is 3.39. The summed E-state index contributed by atoms with van der Waals surface area (Å²) in [4.78, 5) is 10.0. The van der Waals surface area contributed by atoms with Crippen LogP contribution in [0.25, 0.3) is 0 Å². The summed E-state index contributed by atoms with van der Waals surface area (Å²) in [5.41, 5.74) is 6.46. The van der Waals surface area contributed by atoms with Gasteiger partial charge in [-0.15, -0.1) is 0 Å². The Balaban J connectivity index is 2.34. The van der Waals surface area contributed by atoms with E-state index in [-0.39, 0.29) is 16.4 Å². The smallest absolute Gasteiger partial charge is 0.290 e. The van der Waals surface area contributed by atoms with Crippen molar-refractivity contribution < 1.29 is 4.92 Å². The Hall–Kier alpha value is -1.49. The number of nitrogens with two attached hydrogens (primary N) is 1. The molecule has 5 nitrogen and oxygen atoms in total. The number of hydrogen-bond donors (Lipinski definition) is 2. The molecule has 1 aliphatic carbocycles. The van der Waals surface area contributed by atoms with E-state index in [1.54, 1.807) is 6.07 Å². The van der Waals surface area contributed by atoms with E-state index in [4.69, 9.17) is 17.3 Å². The maximum absolute atomic E-state index is 10.6. The Morgan fingerprint density at radius 3 is 2.73 bits per heavy atom. The number of nitrogens with one attached hydrogen (secondary N) is 1. The summed E-state index contributed by atoms with van der Waals surface area (Å²) < 4.78 is 0. The molecule has 1 aromatic rings. The lowest BCUT2D eigenvalue weighted by Crippen LogP contribution is -2.05. The lowest BCUT2D eigenvalue weighted by molar-refractivity contribution is -0.384. The molecule has 0 unspecified atom stereocenters. The zero-order valence-corrected chi connectivity index (χ0v) is 8.62. The van der Waals surface area contributed by atoms with E-state index in [0.717, 1.165) is 12.8 Å². The van der Waals surface area contributed by atoms with Gasteiger partial charge in [0.15, 0.2) is 0 Å². The van der Waals surface area contributed by atoms with E-state index in [2.05, 4.69) is 5.32 Å². The van der Waals surface area contributed by atoms with Crippen LogP contribution in [-0.2, 0) is 0 Å². The first-order valence-corrected chi connectivity index (χ1v) is 4.96. The van der Waals surface area contributed by atoms with Gasteiger partial charge < -0.3 is 11.1 Å². The fourth-order valence-corrected chi connectivity index (χ4v) is 1.53. The maximum atomic E-state index is 10.6. The van der Waals surface area contributed by atoms with Gasteiger partial charge in [-0.3, -0.25) is 10.1 Å². The predicted octanol–water partition coefficient (Wildman–Crippen LogP) is 2.40. The summed E-state index contributed by atoms with van der Waals surface area (Å²) in [6.07, 6.45) is 2.21. The van der Waals surface area contributed by atoms with Gasteiger partial charge in [0.05, 0.1) is 16.3 Å². The number of halogens is 1. The fraction of sp³-hybridized carbons (Fsp3) is 0.333. The number of nitrogen functional groups attached to an aromatic ring is 1. The van der Waals surface area contributed by atoms with Gasteiger partial charge in [0.25, 0.3) is 5.69 Å². The molecule has 1 aromatic carbocycles. The minimum Gasteiger partial charge on any atom is -0.396 e. The van der Waals surface area contributed by atoms with Crippen LogP contribution in [0.5, 0.6) is 0 Å². The number of hydrogen-bond acceptors (Lipinski definition) is 4. The molecule has 0 amide bonds. The van der Waals surface area contributed by atoms with Gasteiger partial charge >= 0.3 is 0 Å². The number of nitro groups is 1. The zero-order chi connectivity index (χ0) is 11.0. The van der Waals surface area contributed by atoms with Crippen LogP contribution in [0.4, 0.5) is 17.1 Å². The number of anilines is 2. The molecule has 0 radical (unpaired) electrons. The highest BCUT2D eigenvalue weighted by Crippen LogP contribution is 2.37. The first-order valence-electron chi connectivity index (χ1n) is 4.58. The summed E-state index contributed by atoms with van der Waals surface area (Å²) >= 11 is 5.79. The maximum Gasteiger partial charge on any atom is 0.290 e. The van der Waals surface area contributed by atoms with Gasteiger partial charge in [-0.05, 0) is 18.9 Å². The quantitative estimate of drug-likeness (QED) is 0.472. The second-order valence-corrected chi connectivity index (χ2v) is 3.91. The molecule has 1 aliphatic rings. The Morgan fingerprint density at radius 2 is 2.20 bits per heavy atom. The van der Waals surface area contributed by atoms with Crippen molar-refractivity contribution in [3.63, 3.8) is 0 Å². The van der Waals surface area contributed by atoms with Crippen molar-refractivity contribution in [2.75, 3.05) is 11.1 Å². The van der Waals surface area contributed by atoms with Gasteiger partial charge in [0, 0.05) is 12.1 Å². The molecule has 0 atom stereocenters. The Morgan fingerprint density at radius 1 is 1.53 bits per heavy atom. The summed E-state index contributed by atoms with van der Waals surface area (Å²) in [6.45, 7) is 0. The lowest BCUT2D eigenvalue weighted by atomic mass is 10.2. The lowest BCUT2D eigenvalue weighted by Gasteiger charge is -2.09. The van der Waals surface area contributed by atoms with E-state index in [1.807, 2.05) is 0 Å². The second kappa shape index (κ2) is 3.58. The topological polar surface area (TPSA) is 81.2 Å². The average Bonchev–Trinajstić information content (AvgIpc) is 2.96. The third-order valence-corrected chi connectivity index (χ3v) is 2.69. The summed E-state index contributed by atoms with van der Waals surface area (Å²) in [5.74, 6) is 0. The first kappa shape index (κ1) is 10.0. The molecule has 0 saturated heterocycles. The van der Waals surface area contributed by atoms with Crippen LogP contribution in [0.3, 0.4) is 0 Å². The third kappa shape index (κ3) is 1.97. The van der Waals surface area contributed by atoms with Crippen LogP contribution in [0.2, 0.25) is 5.02 Å². The van der Waals surface area contributed by atoms with Crippen LogP contribution in [0.15, 0.2) is 12.1 Å². The van der Waals surface area contributed by atoms with Crippen LogP contribution in [0.1, 0.15) is 12.8 Å². The molecule has 0 heterocycles. The number of benzene rings is 1. The Labute approximate surface area is 91.4 Å². The molecule has 2 rings (SSSR count). The summed E-state index contributed by atoms with van der Waals surface area (Å²) in [5, 5.41) is 13.7. The molecular formula is C9H10ClN3O2. The van der Waals surface area contributed by atoms with Crippen molar-refractivity contribution >= 4 is 28.7 Å². The van der Waals surface area contributed by atoms with Crippen LogP contribution in [-0.4, -0.2) is 11.0 Å². The normalized spacial score (nSPS) is 15.0. The van der Waals surface area contributed by atoms with Crippen LogP contribution < -0.4 is 11.1 Å². The molecule has 15 heavy (non-hydrogen) atoms. The third-order valence-electron chi connectivity index (χ3n) is 2.29. The van der Waals surface area contributed by atoms with Gasteiger partial charge in [0.2, 0.25) is 0 Å². The number of rotatable bonds is 3. The van der Waals surface area contributed by atoms with Crippen molar-refractivity contribution in [3.05, 3.63) is 27.3 Å². The van der Waals surface area contributed by atoms with Gasteiger partial charge in [-0.25, -0.2) is 0 Å². The average molecular weight is 228 g/mol. The van der Waals surface area contributed by atoms with Crippen LogP contribution >= 0.6 is 11.6 Å². The van der Waals surface area contributed by atoms with Crippen molar-refractivity contribution in [1.29, 1.82) is 0 Å². The molecule has 6 heteroatoms. The predicted molar refractivity (Wildman–Crippen MR) is 59.2 cm³/mol. The zero-order valence-electron chi connectivity index (χ0n) is 7.87.